The zero-order chi connectivity index (χ0) is 21.4. The maximum Gasteiger partial charge on any atom is 0.338 e. The number of ether oxygens (including phenoxy) is 1. The molecule has 0 atom stereocenters. The standard InChI is InChI=1S/C24H32N2O3/c1-15(2)13-29-14-17-9-16(3)19(10-20(17)23(4,5)6)24(7-8-24)22-25-11-18(12-26-22)21(27)28/h9-12,15H,7-8,13-14H2,1-6H3,(H,27,28). The third-order valence-electron chi connectivity index (χ3n) is 5.56. The Hall–Kier alpha value is -2.27. The number of carbonyl (C=O) groups is 1. The van der Waals surface area contributed by atoms with Gasteiger partial charge >= 0.3 is 5.97 Å². The SMILES string of the molecule is Cc1cc(COCC(C)C)c(C(C)(C)C)cc1C1(c2ncc(C(=O)O)cn2)CC1. The normalized spacial score (nSPS) is 15.6. The van der Waals surface area contributed by atoms with Crippen molar-refractivity contribution in [1.82, 2.24) is 9.97 Å². The van der Waals surface area contributed by atoms with Gasteiger partial charge in [0, 0.05) is 19.0 Å². The second-order valence-electron chi connectivity index (χ2n) is 9.67. The first-order valence-corrected chi connectivity index (χ1v) is 10.3. The Labute approximate surface area is 173 Å². The Balaban J connectivity index is 2.00. The van der Waals surface area contributed by atoms with E-state index >= 15 is 0 Å². The van der Waals surface area contributed by atoms with Gasteiger partial charge in [-0.1, -0.05) is 46.8 Å². The Morgan fingerprint density at radius 3 is 2.31 bits per heavy atom. The molecule has 3 rings (SSSR count). The summed E-state index contributed by atoms with van der Waals surface area (Å²) in [5.41, 5.74) is 4.88. The molecule has 1 aliphatic rings. The molecular formula is C24H32N2O3. The van der Waals surface area contributed by atoms with Crippen molar-refractivity contribution >= 4 is 5.97 Å². The van der Waals surface area contributed by atoms with Crippen LogP contribution < -0.4 is 0 Å². The molecule has 1 saturated carbocycles. The third kappa shape index (κ3) is 4.50. The molecule has 0 saturated heterocycles. The molecule has 1 aromatic heterocycles. The van der Waals surface area contributed by atoms with Gasteiger partial charge in [-0.2, -0.15) is 0 Å². The number of nitrogens with zero attached hydrogens (tertiary/aromatic N) is 2. The van der Waals surface area contributed by atoms with E-state index in [0.717, 1.165) is 19.4 Å². The van der Waals surface area contributed by atoms with E-state index in [2.05, 4.69) is 63.6 Å². The highest BCUT2D eigenvalue weighted by Crippen LogP contribution is 2.53. The van der Waals surface area contributed by atoms with Crippen molar-refractivity contribution in [3.8, 4) is 0 Å². The molecule has 1 heterocycles. The van der Waals surface area contributed by atoms with E-state index in [1.807, 2.05) is 0 Å². The molecule has 0 amide bonds. The molecule has 1 aromatic carbocycles. The van der Waals surface area contributed by atoms with Crippen LogP contribution in [0.4, 0.5) is 0 Å². The second-order valence-corrected chi connectivity index (χ2v) is 9.67. The molecule has 2 aromatic rings. The van der Waals surface area contributed by atoms with E-state index in [1.165, 1.54) is 34.6 Å². The van der Waals surface area contributed by atoms with Crippen molar-refractivity contribution < 1.29 is 14.6 Å². The first-order valence-electron chi connectivity index (χ1n) is 10.3. The highest BCUT2D eigenvalue weighted by molar-refractivity contribution is 5.86. The van der Waals surface area contributed by atoms with Crippen molar-refractivity contribution in [2.75, 3.05) is 6.61 Å². The molecule has 5 heteroatoms. The number of carboxylic acids is 1. The summed E-state index contributed by atoms with van der Waals surface area (Å²) >= 11 is 0. The predicted molar refractivity (Wildman–Crippen MR) is 113 cm³/mol. The van der Waals surface area contributed by atoms with Gasteiger partial charge in [0.15, 0.2) is 0 Å². The summed E-state index contributed by atoms with van der Waals surface area (Å²) in [5.74, 6) is 0.224. The van der Waals surface area contributed by atoms with Crippen LogP contribution in [0.5, 0.6) is 0 Å². The zero-order valence-corrected chi connectivity index (χ0v) is 18.4. The number of hydrogen-bond acceptors (Lipinski definition) is 4. The fourth-order valence-corrected chi connectivity index (χ4v) is 3.93. The van der Waals surface area contributed by atoms with Crippen molar-refractivity contribution in [3.63, 3.8) is 0 Å². The fourth-order valence-electron chi connectivity index (χ4n) is 3.93. The van der Waals surface area contributed by atoms with E-state index in [0.29, 0.717) is 18.3 Å². The van der Waals surface area contributed by atoms with Crippen LogP contribution in [0, 0.1) is 12.8 Å². The summed E-state index contributed by atoms with van der Waals surface area (Å²) < 4.78 is 5.95. The highest BCUT2D eigenvalue weighted by Gasteiger charge is 2.49. The maximum atomic E-state index is 11.1. The van der Waals surface area contributed by atoms with Gasteiger partial charge in [0.2, 0.25) is 0 Å². The summed E-state index contributed by atoms with van der Waals surface area (Å²) in [5, 5.41) is 9.12. The molecule has 1 fully saturated rings. The minimum absolute atomic E-state index is 0.0108. The molecule has 29 heavy (non-hydrogen) atoms. The number of rotatable bonds is 7. The molecule has 0 spiro atoms. The van der Waals surface area contributed by atoms with Crippen LogP contribution in [0.1, 0.15) is 85.9 Å². The summed E-state index contributed by atoms with van der Waals surface area (Å²) in [6, 6.07) is 4.56. The topological polar surface area (TPSA) is 72.3 Å². The molecule has 0 aliphatic heterocycles. The molecule has 0 radical (unpaired) electrons. The molecule has 156 valence electrons. The van der Waals surface area contributed by atoms with Gasteiger partial charge in [0.05, 0.1) is 17.6 Å². The smallest absolute Gasteiger partial charge is 0.338 e. The van der Waals surface area contributed by atoms with Gasteiger partial charge in [0.25, 0.3) is 0 Å². The third-order valence-corrected chi connectivity index (χ3v) is 5.56. The van der Waals surface area contributed by atoms with E-state index in [4.69, 9.17) is 9.84 Å². The summed E-state index contributed by atoms with van der Waals surface area (Å²) in [4.78, 5) is 20.0. The monoisotopic (exact) mass is 396 g/mol. The lowest BCUT2D eigenvalue weighted by atomic mass is 9.79. The number of carboxylic acid groups (broad SMARTS) is 1. The van der Waals surface area contributed by atoms with Crippen LogP contribution >= 0.6 is 0 Å². The van der Waals surface area contributed by atoms with Crippen LogP contribution in [0.3, 0.4) is 0 Å². The van der Waals surface area contributed by atoms with Crippen molar-refractivity contribution in [1.29, 1.82) is 0 Å². The van der Waals surface area contributed by atoms with Crippen LogP contribution in [-0.2, 0) is 22.2 Å². The summed E-state index contributed by atoms with van der Waals surface area (Å²) in [6.07, 6.45) is 4.79. The fraction of sp³-hybridized carbons (Fsp3) is 0.542. The Morgan fingerprint density at radius 2 is 1.83 bits per heavy atom. The van der Waals surface area contributed by atoms with Crippen LogP contribution in [0.2, 0.25) is 0 Å². The largest absolute Gasteiger partial charge is 0.478 e. The molecule has 5 nitrogen and oxygen atoms in total. The van der Waals surface area contributed by atoms with Crippen molar-refractivity contribution in [2.45, 2.75) is 71.8 Å². The van der Waals surface area contributed by atoms with E-state index < -0.39 is 5.97 Å². The van der Waals surface area contributed by atoms with Crippen LogP contribution in [0.15, 0.2) is 24.5 Å². The quantitative estimate of drug-likeness (QED) is 0.710. The van der Waals surface area contributed by atoms with Gasteiger partial charge in [-0.15, -0.1) is 0 Å². The molecule has 1 aliphatic carbocycles. The Bertz CT molecular complexity index is 892. The van der Waals surface area contributed by atoms with Crippen molar-refractivity contribution in [2.24, 2.45) is 5.92 Å². The summed E-state index contributed by atoms with van der Waals surface area (Å²) in [7, 11) is 0. The lowest BCUT2D eigenvalue weighted by Crippen LogP contribution is -2.21. The average Bonchev–Trinajstić information content (AvgIpc) is 3.42. The molecule has 0 unspecified atom stereocenters. The molecule has 1 N–H and O–H groups in total. The van der Waals surface area contributed by atoms with Gasteiger partial charge in [-0.25, -0.2) is 14.8 Å². The number of benzene rings is 1. The van der Waals surface area contributed by atoms with E-state index in [1.54, 1.807) is 0 Å². The Kier molecular flexibility index (Phi) is 5.81. The number of aromatic nitrogens is 2. The molecule has 0 bridgehead atoms. The first kappa shape index (κ1) is 21.4. The Morgan fingerprint density at radius 1 is 1.21 bits per heavy atom. The van der Waals surface area contributed by atoms with Crippen LogP contribution in [-0.4, -0.2) is 27.7 Å². The average molecular weight is 397 g/mol. The predicted octanol–water partition coefficient (Wildman–Crippen LogP) is 5.03. The highest BCUT2D eigenvalue weighted by atomic mass is 16.5. The lowest BCUT2D eigenvalue weighted by molar-refractivity contribution is 0.0696. The van der Waals surface area contributed by atoms with Crippen molar-refractivity contribution in [3.05, 3.63) is 58.2 Å². The van der Waals surface area contributed by atoms with Gasteiger partial charge < -0.3 is 9.84 Å². The maximum absolute atomic E-state index is 11.1. The second kappa shape index (κ2) is 7.86. The van der Waals surface area contributed by atoms with Gasteiger partial charge in [-0.3, -0.25) is 0 Å². The van der Waals surface area contributed by atoms with Gasteiger partial charge in [-0.05, 0) is 53.4 Å². The minimum Gasteiger partial charge on any atom is -0.478 e. The number of hydrogen-bond donors (Lipinski definition) is 1. The lowest BCUT2D eigenvalue weighted by Gasteiger charge is -2.27. The van der Waals surface area contributed by atoms with Crippen LogP contribution in [0.25, 0.3) is 0 Å². The van der Waals surface area contributed by atoms with Gasteiger partial charge in [0.1, 0.15) is 5.82 Å². The zero-order valence-electron chi connectivity index (χ0n) is 18.4. The first-order chi connectivity index (χ1) is 13.5. The molecular weight excluding hydrogens is 364 g/mol. The number of aromatic carboxylic acids is 1. The van der Waals surface area contributed by atoms with E-state index in [9.17, 15) is 4.79 Å². The summed E-state index contributed by atoms with van der Waals surface area (Å²) in [6.45, 7) is 14.5. The van der Waals surface area contributed by atoms with E-state index in [-0.39, 0.29) is 16.4 Å². The minimum atomic E-state index is -1.00. The number of aryl methyl sites for hydroxylation is 1.